The van der Waals surface area contributed by atoms with Crippen molar-refractivity contribution < 1.29 is 17.9 Å². The van der Waals surface area contributed by atoms with Gasteiger partial charge in [0.1, 0.15) is 0 Å². The molecule has 0 amide bonds. The molecule has 0 bridgehead atoms. The van der Waals surface area contributed by atoms with E-state index in [4.69, 9.17) is 0 Å². The van der Waals surface area contributed by atoms with Crippen molar-refractivity contribution in [3.63, 3.8) is 0 Å². The first-order chi connectivity index (χ1) is 30.2. The average molecular weight is 912 g/mol. The maximum absolute atomic E-state index is 3.53. The van der Waals surface area contributed by atoms with Crippen LogP contribution in [0.5, 0.6) is 0 Å². The van der Waals surface area contributed by atoms with Gasteiger partial charge in [-0.2, -0.15) is 18.2 Å². The van der Waals surface area contributed by atoms with E-state index in [0.29, 0.717) is 0 Å². The third-order valence-corrected chi connectivity index (χ3v) is 16.8. The van der Waals surface area contributed by atoms with Crippen LogP contribution in [0.1, 0.15) is 36.1 Å². The second-order valence-corrected chi connectivity index (χ2v) is 20.6. The van der Waals surface area contributed by atoms with Gasteiger partial charge in [0, 0.05) is 0 Å². The van der Waals surface area contributed by atoms with Crippen LogP contribution in [0.25, 0.3) is 0 Å². The van der Waals surface area contributed by atoms with Crippen molar-refractivity contribution in [2.45, 2.75) is 24.7 Å². The molecule has 1 nitrogen and oxygen atoms in total. The van der Waals surface area contributed by atoms with Crippen LogP contribution in [0.2, 0.25) is 0 Å². The van der Waals surface area contributed by atoms with Gasteiger partial charge in [-0.1, -0.05) is 182 Å². The summed E-state index contributed by atoms with van der Waals surface area (Å²) in [6.45, 7) is 0. The molecule has 61 heavy (non-hydrogen) atoms. The summed E-state index contributed by atoms with van der Waals surface area (Å²) in [5.74, 6) is 0.817. The Bertz CT molecular complexity index is 2290. The molecule has 0 aliphatic heterocycles. The van der Waals surface area contributed by atoms with E-state index in [0.717, 1.165) is 5.92 Å². The zero-order valence-electron chi connectivity index (χ0n) is 34.2. The summed E-state index contributed by atoms with van der Waals surface area (Å²) in [4.78, 5) is 3.53. The Morgan fingerprint density at radius 2 is 0.754 bits per heavy atom. The zero-order chi connectivity index (χ0) is 41.5. The van der Waals surface area contributed by atoms with E-state index in [2.05, 4.69) is 247 Å². The molecule has 1 N–H and O–H groups in total. The van der Waals surface area contributed by atoms with Crippen molar-refractivity contribution >= 4 is 51.8 Å². The predicted octanol–water partition coefficient (Wildman–Crippen LogP) is 11.5. The fourth-order valence-electron chi connectivity index (χ4n) is 8.20. The molecule has 11 rings (SSSR count). The van der Waals surface area contributed by atoms with Crippen molar-refractivity contribution in [1.29, 1.82) is 0 Å². The average Bonchev–Trinajstić information content (AvgIpc) is 3.65. The summed E-state index contributed by atoms with van der Waals surface area (Å²) in [6.07, 6.45) is 6.00. The van der Waals surface area contributed by atoms with Crippen LogP contribution in [-0.4, -0.2) is 9.09 Å². The maximum atomic E-state index is 3.53. The van der Waals surface area contributed by atoms with Crippen molar-refractivity contribution in [3.05, 3.63) is 272 Å². The van der Waals surface area contributed by atoms with Gasteiger partial charge in [-0.25, -0.2) is 12.1 Å². The summed E-state index contributed by atoms with van der Waals surface area (Å²) in [5.41, 5.74) is 4.59. The number of hydrogen-bond acceptors (Lipinski definition) is 0. The summed E-state index contributed by atoms with van der Waals surface area (Å²) < 4.78 is 1.47. The molecule has 8 aromatic carbocycles. The molecular weight excluding hydrogens is 862 g/mol. The summed E-state index contributed by atoms with van der Waals surface area (Å²) in [5, 5.41) is 8.39. The van der Waals surface area contributed by atoms with E-state index >= 15 is 0 Å². The summed E-state index contributed by atoms with van der Waals surface area (Å²) in [7, 11) is -0.892. The third-order valence-electron chi connectivity index (χ3n) is 11.1. The molecule has 1 unspecified atom stereocenters. The van der Waals surface area contributed by atoms with Crippen LogP contribution in [0.3, 0.4) is 0 Å². The van der Waals surface area contributed by atoms with Crippen LogP contribution in [-0.2, 0) is 23.3 Å². The minimum Gasteiger partial charge on any atom is -0.214 e. The summed E-state index contributed by atoms with van der Waals surface area (Å²) >= 11 is 2.85. The largest absolute Gasteiger partial charge is 0.214 e. The number of fused-ring (bicyclic) bond motifs is 1. The quantitative estimate of drug-likeness (QED) is 0.0888. The van der Waals surface area contributed by atoms with Gasteiger partial charge in [-0.15, -0.1) is 0 Å². The molecule has 2 aliphatic rings. The Hall–Kier alpha value is -5.48. The van der Waals surface area contributed by atoms with Crippen LogP contribution in [0.4, 0.5) is 0 Å². The number of hydrogen-bond donors (Lipinski definition) is 1. The van der Waals surface area contributed by atoms with Crippen molar-refractivity contribution in [2.75, 3.05) is 0 Å². The molecule has 0 saturated heterocycles. The van der Waals surface area contributed by atoms with Gasteiger partial charge in [-0.3, -0.25) is 0 Å². The van der Waals surface area contributed by atoms with Crippen LogP contribution < -0.4 is 31.8 Å². The van der Waals surface area contributed by atoms with Crippen LogP contribution >= 0.6 is 15.8 Å². The van der Waals surface area contributed by atoms with Crippen molar-refractivity contribution in [1.82, 2.24) is 4.98 Å². The minimum atomic E-state index is -0.446. The number of H-pyrrole nitrogens is 1. The Kier molecular flexibility index (Phi) is 14.8. The molecule has 1 saturated carbocycles. The van der Waals surface area contributed by atoms with E-state index in [1.165, 1.54) is 72.0 Å². The van der Waals surface area contributed by atoms with Gasteiger partial charge < -0.3 is 0 Å². The SMILES string of the molecule is [Ru+]=[C]1CC(c2ccccc2)(C2CC2)c2[nH]ccc21.c1cc[cH-]c1.c1ccc(P(c2ccccc2)c2ccccc2)cc1.c1ccc(P(c2ccccc2)c2ccccc2)cc1. The molecule has 0 spiro atoms. The molecule has 0 radical (unpaired) electrons. The smallest absolute Gasteiger partial charge is 0.0134 e. The first kappa shape index (κ1) is 42.2. The molecule has 301 valence electrons. The van der Waals surface area contributed by atoms with Gasteiger partial charge in [0.05, 0.1) is 0 Å². The molecule has 1 fully saturated rings. The Morgan fingerprint density at radius 1 is 0.426 bits per heavy atom. The molecule has 1 aromatic heterocycles. The Labute approximate surface area is 374 Å². The van der Waals surface area contributed by atoms with Gasteiger partial charge in [0.15, 0.2) is 0 Å². The second-order valence-electron chi connectivity index (χ2n) is 15.1. The summed E-state index contributed by atoms with van der Waals surface area (Å²) in [6, 6.07) is 87.9. The third kappa shape index (κ3) is 10.5. The van der Waals surface area contributed by atoms with E-state index in [1.54, 1.807) is 0 Å². The van der Waals surface area contributed by atoms with Gasteiger partial charge in [0.25, 0.3) is 0 Å². The fourth-order valence-corrected chi connectivity index (χ4v) is 13.7. The number of aromatic nitrogens is 1. The Morgan fingerprint density at radius 3 is 1.05 bits per heavy atom. The van der Waals surface area contributed by atoms with E-state index in [9.17, 15) is 0 Å². The predicted molar refractivity (Wildman–Crippen MR) is 262 cm³/mol. The monoisotopic (exact) mass is 912 g/mol. The standard InChI is InChI=1S/2C18H15P.C16H15N.C5H5.Ru/c2*1-4-10-16(11-5-1)19(17-12-6-2-7-13-17)18-14-8-3-9-15-18;1-2-4-13(5-3-1)16(14-6-7-14)10-8-12-9-11-17-15(12)16;1-2-4-5-3-1;/h2*1-15H;1-5,9,11,14,17H,6-7,10H2;1-5H;/q;;;-1;+1. The van der Waals surface area contributed by atoms with E-state index in [1.807, 2.05) is 30.3 Å². The van der Waals surface area contributed by atoms with Crippen LogP contribution in [0, 0.1) is 5.92 Å². The zero-order valence-corrected chi connectivity index (χ0v) is 37.7. The second kappa shape index (κ2) is 21.4. The topological polar surface area (TPSA) is 15.8 Å². The number of aromatic amines is 1. The Balaban J connectivity index is 0.000000119. The number of rotatable bonds is 8. The number of nitrogens with one attached hydrogen (secondary N) is 1. The molecule has 9 aromatic rings. The first-order valence-electron chi connectivity index (χ1n) is 21.0. The fraction of sp³-hybridized carbons (Fsp3) is 0.0877. The van der Waals surface area contributed by atoms with Gasteiger partial charge in [-0.05, 0) is 47.7 Å². The molecular formula is C57H50NP2Ru. The minimum absolute atomic E-state index is 0.223. The van der Waals surface area contributed by atoms with Gasteiger partial charge >= 0.3 is 117 Å². The molecule has 1 heterocycles. The molecule has 2 aliphatic carbocycles. The number of benzene rings is 7. The molecule has 4 heteroatoms. The van der Waals surface area contributed by atoms with E-state index in [-0.39, 0.29) is 5.41 Å². The molecule has 1 atom stereocenters. The van der Waals surface area contributed by atoms with Crippen molar-refractivity contribution in [2.24, 2.45) is 5.92 Å². The first-order valence-corrected chi connectivity index (χ1v) is 24.6. The van der Waals surface area contributed by atoms with Crippen molar-refractivity contribution in [3.8, 4) is 0 Å². The maximum Gasteiger partial charge on any atom is -0.0134 e. The van der Waals surface area contributed by atoms with Gasteiger partial charge in [0.2, 0.25) is 0 Å². The van der Waals surface area contributed by atoms with Crippen LogP contribution in [0.15, 0.2) is 255 Å². The normalized spacial score (nSPS) is 15.0. The van der Waals surface area contributed by atoms with E-state index < -0.39 is 15.8 Å².